The van der Waals surface area contributed by atoms with Crippen LogP contribution in [0.15, 0.2) is 48.5 Å². The molecule has 104 valence electrons. The van der Waals surface area contributed by atoms with Gasteiger partial charge in [-0.05, 0) is 36.8 Å². The van der Waals surface area contributed by atoms with Gasteiger partial charge in [-0.15, -0.1) is 11.6 Å². The average molecular weight is 308 g/mol. The van der Waals surface area contributed by atoms with Gasteiger partial charge in [0.15, 0.2) is 0 Å². The van der Waals surface area contributed by atoms with Gasteiger partial charge in [0.2, 0.25) is 5.91 Å². The summed E-state index contributed by atoms with van der Waals surface area (Å²) in [6, 6.07) is 15.3. The summed E-state index contributed by atoms with van der Waals surface area (Å²) in [5.41, 5.74) is 3.00. The zero-order valence-corrected chi connectivity index (χ0v) is 12.7. The number of aryl methyl sites for hydroxylation is 1. The van der Waals surface area contributed by atoms with E-state index in [0.29, 0.717) is 11.6 Å². The van der Waals surface area contributed by atoms with Crippen LogP contribution in [0.25, 0.3) is 0 Å². The number of anilines is 1. The molecule has 0 radical (unpaired) electrons. The van der Waals surface area contributed by atoms with Gasteiger partial charge in [-0.3, -0.25) is 4.79 Å². The van der Waals surface area contributed by atoms with E-state index in [1.807, 2.05) is 55.5 Å². The van der Waals surface area contributed by atoms with Crippen molar-refractivity contribution >= 4 is 34.8 Å². The lowest BCUT2D eigenvalue weighted by molar-refractivity contribution is -0.116. The molecule has 0 heterocycles. The zero-order valence-electron chi connectivity index (χ0n) is 11.1. The minimum Gasteiger partial charge on any atom is -0.307 e. The minimum absolute atomic E-state index is 0.0402. The molecular formula is C16H15Cl2NO. The lowest BCUT2D eigenvalue weighted by Gasteiger charge is -2.22. The molecule has 0 aliphatic carbocycles. The number of rotatable bonds is 4. The summed E-state index contributed by atoms with van der Waals surface area (Å²) in [4.78, 5) is 13.7. The molecule has 0 aliphatic rings. The van der Waals surface area contributed by atoms with Crippen molar-refractivity contribution in [2.24, 2.45) is 0 Å². The number of alkyl halides is 1. The molecule has 0 N–H and O–H groups in total. The highest BCUT2D eigenvalue weighted by Crippen LogP contribution is 2.19. The predicted octanol–water partition coefficient (Wildman–Crippen LogP) is 4.42. The SMILES string of the molecule is Cc1ccc(N(Cc2ccc(Cl)cc2)C(=O)CCl)cc1. The highest BCUT2D eigenvalue weighted by atomic mass is 35.5. The predicted molar refractivity (Wildman–Crippen MR) is 84.5 cm³/mol. The molecule has 0 atom stereocenters. The summed E-state index contributed by atoms with van der Waals surface area (Å²) in [5.74, 6) is -0.160. The first-order chi connectivity index (χ1) is 9.60. The highest BCUT2D eigenvalue weighted by molar-refractivity contribution is 6.30. The fraction of sp³-hybridized carbons (Fsp3) is 0.188. The number of amides is 1. The van der Waals surface area contributed by atoms with Gasteiger partial charge in [0.1, 0.15) is 5.88 Å². The van der Waals surface area contributed by atoms with Gasteiger partial charge in [0.05, 0.1) is 6.54 Å². The van der Waals surface area contributed by atoms with Gasteiger partial charge >= 0.3 is 0 Å². The van der Waals surface area contributed by atoms with Gasteiger partial charge in [-0.1, -0.05) is 41.4 Å². The first kappa shape index (κ1) is 14.9. The largest absolute Gasteiger partial charge is 0.307 e. The summed E-state index contributed by atoms with van der Waals surface area (Å²) in [5, 5.41) is 0.680. The van der Waals surface area contributed by atoms with E-state index in [4.69, 9.17) is 23.2 Å². The molecule has 2 aromatic carbocycles. The molecule has 2 aromatic rings. The summed E-state index contributed by atoms with van der Waals surface area (Å²) >= 11 is 11.6. The molecule has 4 heteroatoms. The Kier molecular flexibility index (Phi) is 5.05. The maximum Gasteiger partial charge on any atom is 0.242 e. The van der Waals surface area contributed by atoms with Crippen molar-refractivity contribution in [3.05, 3.63) is 64.7 Å². The standard InChI is InChI=1S/C16H15Cl2NO/c1-12-2-8-15(9-3-12)19(16(20)10-17)11-13-4-6-14(18)7-5-13/h2-9H,10-11H2,1H3. The number of hydrogen-bond acceptors (Lipinski definition) is 1. The maximum absolute atomic E-state index is 12.0. The van der Waals surface area contributed by atoms with Crippen molar-refractivity contribution in [2.45, 2.75) is 13.5 Å². The van der Waals surface area contributed by atoms with Crippen LogP contribution in [0.2, 0.25) is 5.02 Å². The molecule has 0 aromatic heterocycles. The van der Waals surface area contributed by atoms with Gasteiger partial charge in [-0.25, -0.2) is 0 Å². The second-order valence-corrected chi connectivity index (χ2v) is 5.28. The van der Waals surface area contributed by atoms with Crippen LogP contribution in [-0.2, 0) is 11.3 Å². The van der Waals surface area contributed by atoms with Crippen LogP contribution in [0.4, 0.5) is 5.69 Å². The first-order valence-electron chi connectivity index (χ1n) is 6.27. The Morgan fingerprint density at radius 1 is 1.05 bits per heavy atom. The van der Waals surface area contributed by atoms with E-state index >= 15 is 0 Å². The lowest BCUT2D eigenvalue weighted by Crippen LogP contribution is -2.31. The second kappa shape index (κ2) is 6.78. The van der Waals surface area contributed by atoms with Crippen LogP contribution in [0.3, 0.4) is 0 Å². The van der Waals surface area contributed by atoms with Crippen molar-refractivity contribution in [3.63, 3.8) is 0 Å². The van der Waals surface area contributed by atoms with Crippen LogP contribution < -0.4 is 4.90 Å². The van der Waals surface area contributed by atoms with E-state index in [-0.39, 0.29) is 11.8 Å². The van der Waals surface area contributed by atoms with E-state index in [0.717, 1.165) is 16.8 Å². The third kappa shape index (κ3) is 3.75. The van der Waals surface area contributed by atoms with Crippen LogP contribution in [0.1, 0.15) is 11.1 Å². The third-order valence-electron chi connectivity index (χ3n) is 3.01. The molecule has 1 amide bonds. The topological polar surface area (TPSA) is 20.3 Å². The number of carbonyl (C=O) groups excluding carboxylic acids is 1. The van der Waals surface area contributed by atoms with Crippen LogP contribution in [0.5, 0.6) is 0 Å². The van der Waals surface area contributed by atoms with Crippen molar-refractivity contribution < 1.29 is 4.79 Å². The molecule has 0 unspecified atom stereocenters. The smallest absolute Gasteiger partial charge is 0.242 e. The molecule has 0 bridgehead atoms. The number of nitrogens with zero attached hydrogens (tertiary/aromatic N) is 1. The van der Waals surface area contributed by atoms with Crippen LogP contribution >= 0.6 is 23.2 Å². The lowest BCUT2D eigenvalue weighted by atomic mass is 10.1. The second-order valence-electron chi connectivity index (χ2n) is 4.58. The fourth-order valence-electron chi connectivity index (χ4n) is 1.89. The van der Waals surface area contributed by atoms with Gasteiger partial charge in [0, 0.05) is 10.7 Å². The van der Waals surface area contributed by atoms with E-state index in [9.17, 15) is 4.79 Å². The normalized spacial score (nSPS) is 10.3. The summed E-state index contributed by atoms with van der Waals surface area (Å²) in [7, 11) is 0. The van der Waals surface area contributed by atoms with E-state index in [2.05, 4.69) is 0 Å². The number of benzene rings is 2. The minimum atomic E-state index is -0.120. The zero-order chi connectivity index (χ0) is 14.5. The van der Waals surface area contributed by atoms with Gasteiger partial charge in [0.25, 0.3) is 0 Å². The quantitative estimate of drug-likeness (QED) is 0.766. The third-order valence-corrected chi connectivity index (χ3v) is 3.50. The van der Waals surface area contributed by atoms with Gasteiger partial charge < -0.3 is 4.90 Å². The Hall–Kier alpha value is -1.51. The maximum atomic E-state index is 12.0. The number of carbonyl (C=O) groups is 1. The molecule has 2 nitrogen and oxygen atoms in total. The molecule has 0 saturated carbocycles. The Morgan fingerprint density at radius 3 is 2.20 bits per heavy atom. The van der Waals surface area contributed by atoms with E-state index < -0.39 is 0 Å². The molecule has 0 spiro atoms. The number of halogens is 2. The molecular weight excluding hydrogens is 293 g/mol. The molecule has 0 saturated heterocycles. The van der Waals surface area contributed by atoms with Crippen molar-refractivity contribution in [3.8, 4) is 0 Å². The molecule has 0 fully saturated rings. The Morgan fingerprint density at radius 2 is 1.65 bits per heavy atom. The summed E-state index contributed by atoms with van der Waals surface area (Å²) < 4.78 is 0. The monoisotopic (exact) mass is 307 g/mol. The van der Waals surface area contributed by atoms with Crippen molar-refractivity contribution in [1.82, 2.24) is 0 Å². The summed E-state index contributed by atoms with van der Waals surface area (Å²) in [6.45, 7) is 2.49. The molecule has 20 heavy (non-hydrogen) atoms. The van der Waals surface area contributed by atoms with Crippen LogP contribution in [0, 0.1) is 6.92 Å². The Bertz CT molecular complexity index is 578. The highest BCUT2D eigenvalue weighted by Gasteiger charge is 2.15. The Balaban J connectivity index is 2.26. The van der Waals surface area contributed by atoms with Crippen molar-refractivity contribution in [2.75, 3.05) is 10.8 Å². The van der Waals surface area contributed by atoms with Crippen molar-refractivity contribution in [1.29, 1.82) is 0 Å². The molecule has 0 aliphatic heterocycles. The fourth-order valence-corrected chi connectivity index (χ4v) is 2.16. The van der Waals surface area contributed by atoms with Crippen LogP contribution in [-0.4, -0.2) is 11.8 Å². The summed E-state index contributed by atoms with van der Waals surface area (Å²) in [6.07, 6.45) is 0. The van der Waals surface area contributed by atoms with E-state index in [1.54, 1.807) is 4.90 Å². The molecule has 2 rings (SSSR count). The van der Waals surface area contributed by atoms with E-state index in [1.165, 1.54) is 0 Å². The average Bonchev–Trinajstić information content (AvgIpc) is 2.47. The first-order valence-corrected chi connectivity index (χ1v) is 7.19. The Labute approximate surface area is 128 Å². The number of hydrogen-bond donors (Lipinski definition) is 0. The van der Waals surface area contributed by atoms with Gasteiger partial charge in [-0.2, -0.15) is 0 Å².